The number of furan rings is 1. The second-order valence-electron chi connectivity index (χ2n) is 25.9. The molecule has 0 aliphatic carbocycles. The van der Waals surface area contributed by atoms with Crippen LogP contribution in [0.4, 0.5) is 123 Å². The third-order valence-corrected chi connectivity index (χ3v) is 15.1. The molecule has 114 heavy (non-hydrogen) atoms. The Balaban J connectivity index is -0.000000391. The Hall–Kier alpha value is -8.12. The number of halogens is 27. The van der Waals surface area contributed by atoms with E-state index in [1.807, 2.05) is 0 Å². The summed E-state index contributed by atoms with van der Waals surface area (Å²) in [6.07, 6.45) is -44.7. The zero-order chi connectivity index (χ0) is 92.6. The zero-order valence-corrected chi connectivity index (χ0v) is 63.3. The third kappa shape index (κ3) is 36.4. The first-order chi connectivity index (χ1) is 49.9. The molecule has 0 amide bonds. The van der Waals surface area contributed by atoms with E-state index in [1.54, 1.807) is 33.8 Å². The number of Topliss-reactive ketones (excluding diaryl/α,β-unsaturated/α-hetero) is 1. The monoisotopic (exact) mass is 1700 g/mol. The molecule has 1 heterocycles. The molecule has 0 fully saturated rings. The number of nitrogens with zero attached hydrogens (tertiary/aromatic N) is 1. The van der Waals surface area contributed by atoms with Crippen LogP contribution in [0.3, 0.4) is 0 Å². The van der Waals surface area contributed by atoms with Gasteiger partial charge in [0.15, 0.2) is 0 Å². The Morgan fingerprint density at radius 1 is 0.430 bits per heavy atom. The molecule has 0 saturated carbocycles. The normalized spacial score (nSPS) is 16.3. The lowest BCUT2D eigenvalue weighted by atomic mass is 9.90. The molecule has 0 spiro atoms. The highest BCUT2D eigenvalue weighted by Crippen LogP contribution is 2.42. The minimum Gasteiger partial charge on any atom is -0.843 e. The second-order valence-corrected chi connectivity index (χ2v) is 25.9. The Labute approximate surface area is 636 Å². The number of carbonyl (C=O) groups is 2. The number of hydrogen-bond donors (Lipinski definition) is 1. The number of rotatable bonds is 10. The molecule has 5 rings (SSSR count). The summed E-state index contributed by atoms with van der Waals surface area (Å²) in [7, 11) is 1.40. The van der Waals surface area contributed by atoms with E-state index in [0.29, 0.717) is 104 Å². The minimum absolute atomic E-state index is 0.199. The Morgan fingerprint density at radius 3 is 0.982 bits per heavy atom. The maximum Gasteiger partial charge on any atom is 0.386 e. The van der Waals surface area contributed by atoms with Gasteiger partial charge in [0.1, 0.15) is 23.1 Å². The van der Waals surface area contributed by atoms with Crippen LogP contribution in [-0.2, 0) is 32.8 Å². The van der Waals surface area contributed by atoms with E-state index < -0.39 is 137 Å². The molecule has 8 unspecified atom stereocenters. The van der Waals surface area contributed by atoms with Crippen LogP contribution >= 0.6 is 0 Å². The molecule has 0 radical (unpaired) electrons. The largest absolute Gasteiger partial charge is 0.843 e. The summed E-state index contributed by atoms with van der Waals surface area (Å²) in [6.45, 7) is 24.2. The lowest BCUT2D eigenvalue weighted by Gasteiger charge is -2.40. The Morgan fingerprint density at radius 2 is 0.746 bits per heavy atom. The number of carbonyl (C=O) groups excluding carboxylic acids is 1. The standard InChI is InChI=1S/2C11H12F3O.C10H10F3O2.C10H10F3O.C8H8F3O2.C6H8F3O.C5H5F3NO.C5H6F3O2.C4H6F3O.CH2O3/c1-7-4-5-9(6-8(7)2)10(3,15)11(12,13)14;1-7-4-5-8(2)9(6-7)10(3,15)11(12,13)14;1-9(14,10(11,12)13)7-3-5-8(15-2)6-4-7;1-7-3-5-8(6-4-7)9(2,14)10(11,12)13;1-5-3-4-6(13-5)7(2,12)8(9,10)11;1-3-4-5(2,10)6(7,8)9;1-4(10,3-9-2)5(6,7)8;1-3(9)4(2,10)5(6,7)8;1-3(2,8)4(5,6)7;2-1(3)4/h2*4-6H,1-3H3;3-6H,1-2H3;3-6H,1-2H3;3-4H,1-2H3;3H,1,4H2,2H3;3H2,1H3;1-2H3;1-2H3;(H2,2,3,4)/q9*-1;/p-1. The lowest BCUT2D eigenvalue weighted by molar-refractivity contribution is -0.548. The number of ketones is 1. The predicted molar refractivity (Wildman–Crippen MR) is 335 cm³/mol. The van der Waals surface area contributed by atoms with Crippen LogP contribution in [0.15, 0.2) is 114 Å². The predicted octanol–water partition coefficient (Wildman–Crippen LogP) is 12.2. The minimum atomic E-state index is -4.99. The maximum atomic E-state index is 12.5. The maximum absolute atomic E-state index is 12.5. The number of hydrogen-bond acceptors (Lipinski definition) is 14. The van der Waals surface area contributed by atoms with Gasteiger partial charge in [0.2, 0.25) is 12.7 Å². The molecule has 16 nitrogen and oxygen atoms in total. The summed E-state index contributed by atoms with van der Waals surface area (Å²) in [4.78, 5) is 20.9. The molecule has 0 bridgehead atoms. The van der Waals surface area contributed by atoms with Crippen molar-refractivity contribution in [3.63, 3.8) is 0 Å². The average Bonchev–Trinajstić information content (AvgIpc) is 0.961. The Kier molecular flexibility index (Phi) is 42.3. The van der Waals surface area contributed by atoms with Gasteiger partial charge in [0.25, 0.3) is 0 Å². The van der Waals surface area contributed by atoms with Crippen LogP contribution in [0, 0.1) is 48.1 Å². The number of ether oxygens (including phenoxy) is 1. The number of aryl methyl sites for hydroxylation is 6. The molecule has 656 valence electrons. The Bertz CT molecular complexity index is 3750. The third-order valence-electron chi connectivity index (χ3n) is 15.1. The van der Waals surface area contributed by atoms with E-state index >= 15 is 0 Å². The molecule has 0 aliphatic heterocycles. The molecule has 43 heteroatoms. The van der Waals surface area contributed by atoms with Gasteiger partial charge in [-0.2, -0.15) is 119 Å². The van der Waals surface area contributed by atoms with Gasteiger partial charge in [-0.15, -0.1) is 6.58 Å². The smallest absolute Gasteiger partial charge is 0.386 e. The van der Waals surface area contributed by atoms with Gasteiger partial charge >= 0.3 is 55.6 Å². The first-order valence-electron chi connectivity index (χ1n) is 31.1. The second kappa shape index (κ2) is 42.1. The van der Waals surface area contributed by atoms with Gasteiger partial charge in [-0.05, 0) is 129 Å². The highest BCUT2D eigenvalue weighted by Gasteiger charge is 2.49. The summed E-state index contributed by atoms with van der Waals surface area (Å²) in [5, 5.41) is 113. The van der Waals surface area contributed by atoms with E-state index in [1.165, 1.54) is 93.8 Å². The summed E-state index contributed by atoms with van der Waals surface area (Å²) in [6, 6.07) is 21.3. The quantitative estimate of drug-likeness (QED) is 0.0772. The number of methoxy groups -OCH3 is 1. The van der Waals surface area contributed by atoms with Crippen molar-refractivity contribution in [2.24, 2.45) is 0 Å². The van der Waals surface area contributed by atoms with E-state index in [2.05, 4.69) is 15.8 Å². The van der Waals surface area contributed by atoms with Crippen molar-refractivity contribution in [2.45, 2.75) is 230 Å². The van der Waals surface area contributed by atoms with Crippen molar-refractivity contribution in [3.8, 4) is 5.75 Å². The average molecular weight is 1700 g/mol. The first-order valence-corrected chi connectivity index (χ1v) is 31.1. The van der Waals surface area contributed by atoms with Gasteiger partial charge in [-0.3, -0.25) is 0 Å². The van der Waals surface area contributed by atoms with E-state index in [-0.39, 0.29) is 22.3 Å². The van der Waals surface area contributed by atoms with Gasteiger partial charge in [-0.25, -0.2) is 6.57 Å². The number of alkyl halides is 27. The van der Waals surface area contributed by atoms with Crippen molar-refractivity contribution in [3.05, 3.63) is 183 Å². The van der Waals surface area contributed by atoms with Crippen LogP contribution in [0.2, 0.25) is 0 Å². The molecular weight excluding hydrogens is 1620 g/mol. The molecule has 8 atom stereocenters. The highest BCUT2D eigenvalue weighted by molar-refractivity contribution is 5.84. The zero-order valence-electron chi connectivity index (χ0n) is 63.3. The molecule has 4 aromatic carbocycles. The summed E-state index contributed by atoms with van der Waals surface area (Å²) >= 11 is 0. The summed E-state index contributed by atoms with van der Waals surface area (Å²) < 4.78 is 333. The summed E-state index contributed by atoms with van der Waals surface area (Å²) in [5.74, 6) is -1.31. The van der Waals surface area contributed by atoms with Gasteiger partial charge < -0.3 is 79.8 Å². The van der Waals surface area contributed by atoms with Crippen molar-refractivity contribution in [1.82, 2.24) is 0 Å². The highest BCUT2D eigenvalue weighted by atomic mass is 19.4. The van der Waals surface area contributed by atoms with E-state index in [9.17, 15) is 169 Å². The fourth-order valence-electron chi connectivity index (χ4n) is 6.37. The number of carboxylic acid groups (broad SMARTS) is 2. The van der Waals surface area contributed by atoms with Crippen LogP contribution in [0.5, 0.6) is 5.75 Å². The van der Waals surface area contributed by atoms with Crippen molar-refractivity contribution in [1.29, 1.82) is 0 Å². The number of benzene rings is 4. The van der Waals surface area contributed by atoms with E-state index in [0.717, 1.165) is 35.4 Å². The van der Waals surface area contributed by atoms with Crippen molar-refractivity contribution < 1.29 is 193 Å². The van der Waals surface area contributed by atoms with E-state index in [4.69, 9.17) is 26.3 Å². The first kappa shape index (κ1) is 114. The van der Waals surface area contributed by atoms with Crippen molar-refractivity contribution >= 4 is 11.9 Å². The fourth-order valence-corrected chi connectivity index (χ4v) is 6.37. The molecular formula is C71H78F27NO15-10. The molecule has 5 aromatic rings. The van der Waals surface area contributed by atoms with Crippen LogP contribution in [-0.4, -0.2) is 109 Å². The molecule has 0 saturated heterocycles. The van der Waals surface area contributed by atoms with Gasteiger partial charge in [-0.1, -0.05) is 159 Å². The topological polar surface area (TPSA) is 312 Å². The lowest BCUT2D eigenvalue weighted by Crippen LogP contribution is -2.58. The van der Waals surface area contributed by atoms with Crippen LogP contribution < -0.4 is 55.8 Å². The summed E-state index contributed by atoms with van der Waals surface area (Å²) in [5.41, 5.74) is -25.2. The van der Waals surface area contributed by atoms with Gasteiger partial charge in [0, 0.05) is 33.6 Å². The van der Waals surface area contributed by atoms with Crippen molar-refractivity contribution in [2.75, 3.05) is 13.7 Å². The SMILES string of the molecule is C=CCC(C)([O-])C(F)(F)F.CC(=O)C(C)([O-])C(F)(F)F.CC(C)([O-])C(F)(F)F.COc1ccc(C(C)([O-])C(F)(F)F)cc1.Cc1ccc(C(C)([O-])C(F)(F)F)cc1.Cc1ccc(C(C)([O-])C(F)(F)F)cc1C.Cc1ccc(C(C)([O-])C(F)(F)F)o1.Cc1ccc(C)c(C(C)([O-])C(F)(F)F)c1.O=C([O-])O.[C-]#[N+]CC(C)([O-])C(F)(F)F. The van der Waals surface area contributed by atoms with Crippen LogP contribution in [0.1, 0.15) is 144 Å². The molecule has 1 aromatic heterocycles. The molecule has 1 N–H and O–H groups in total. The van der Waals surface area contributed by atoms with Crippen LogP contribution in [0.25, 0.3) is 4.85 Å². The fraction of sp³-hybridized carbons (Fsp3) is 0.535. The molecule has 0 aliphatic rings. The van der Waals surface area contributed by atoms with Gasteiger partial charge in [0.05, 0.1) is 12.7 Å².